The van der Waals surface area contributed by atoms with E-state index in [9.17, 15) is 0 Å². The average molecular weight is 314 g/mol. The van der Waals surface area contributed by atoms with Crippen molar-refractivity contribution in [2.24, 2.45) is 0 Å². The Morgan fingerprint density at radius 3 is 3.06 bits per heavy atom. The third-order valence-electron chi connectivity index (χ3n) is 3.25. The molecule has 1 aromatic carbocycles. The van der Waals surface area contributed by atoms with Gasteiger partial charge in [-0.2, -0.15) is 11.8 Å². The van der Waals surface area contributed by atoms with Crippen molar-refractivity contribution in [3.05, 3.63) is 33.8 Å². The molecule has 0 aromatic heterocycles. The van der Waals surface area contributed by atoms with Crippen LogP contribution in [0.3, 0.4) is 0 Å². The summed E-state index contributed by atoms with van der Waals surface area (Å²) in [6.07, 6.45) is 2.43. The van der Waals surface area contributed by atoms with Gasteiger partial charge in [-0.05, 0) is 36.6 Å². The van der Waals surface area contributed by atoms with Gasteiger partial charge in [-0.1, -0.05) is 41.9 Å². The number of hydrogen-bond acceptors (Lipinski definition) is 2. The van der Waals surface area contributed by atoms with Crippen LogP contribution in [-0.4, -0.2) is 11.8 Å². The van der Waals surface area contributed by atoms with Crippen LogP contribution < -0.4 is 5.32 Å². The maximum Gasteiger partial charge on any atom is 0.0334 e. The molecular formula is C14H20BrNS. The van der Waals surface area contributed by atoms with E-state index in [2.05, 4.69) is 65.1 Å². The maximum absolute atomic E-state index is 3.69. The number of hydrogen-bond donors (Lipinski definition) is 1. The van der Waals surface area contributed by atoms with Crippen molar-refractivity contribution < 1.29 is 0 Å². The molecule has 1 aliphatic rings. The molecule has 1 heterocycles. The summed E-state index contributed by atoms with van der Waals surface area (Å²) >= 11 is 5.75. The first-order chi connectivity index (χ1) is 8.22. The quantitative estimate of drug-likeness (QED) is 0.880. The Bertz CT molecular complexity index is 380. The summed E-state index contributed by atoms with van der Waals surface area (Å²) in [4.78, 5) is 0. The van der Waals surface area contributed by atoms with E-state index in [0.717, 1.165) is 17.5 Å². The minimum atomic E-state index is 0.521. The molecule has 1 N–H and O–H groups in total. The van der Waals surface area contributed by atoms with E-state index < -0.39 is 0 Å². The summed E-state index contributed by atoms with van der Waals surface area (Å²) in [6, 6.07) is 7.12. The van der Waals surface area contributed by atoms with Gasteiger partial charge in [-0.25, -0.2) is 0 Å². The highest BCUT2D eigenvalue weighted by Crippen LogP contribution is 2.37. The van der Waals surface area contributed by atoms with Crippen molar-refractivity contribution in [3.8, 4) is 0 Å². The van der Waals surface area contributed by atoms with Gasteiger partial charge in [0.05, 0.1) is 0 Å². The van der Waals surface area contributed by atoms with E-state index in [1.807, 2.05) is 0 Å². The van der Waals surface area contributed by atoms with Gasteiger partial charge in [0, 0.05) is 21.5 Å². The minimum absolute atomic E-state index is 0.521. The van der Waals surface area contributed by atoms with Crippen molar-refractivity contribution >= 4 is 27.7 Å². The van der Waals surface area contributed by atoms with E-state index in [1.54, 1.807) is 0 Å². The van der Waals surface area contributed by atoms with Crippen molar-refractivity contribution in [1.82, 2.24) is 5.32 Å². The third kappa shape index (κ3) is 3.27. The van der Waals surface area contributed by atoms with Crippen LogP contribution in [0.2, 0.25) is 0 Å². The van der Waals surface area contributed by atoms with E-state index in [4.69, 9.17) is 0 Å². The van der Waals surface area contributed by atoms with Crippen LogP contribution in [0.4, 0.5) is 0 Å². The molecule has 2 atom stereocenters. The molecule has 2 rings (SSSR count). The Labute approximate surface area is 117 Å². The molecule has 0 aliphatic carbocycles. The highest BCUT2D eigenvalue weighted by atomic mass is 79.9. The van der Waals surface area contributed by atoms with Gasteiger partial charge in [0.1, 0.15) is 0 Å². The zero-order valence-electron chi connectivity index (χ0n) is 10.5. The molecule has 0 fully saturated rings. The standard InChI is InChI=1S/C14H20BrNS/c1-3-7-16-14-8-10(2)17-9-12-11(14)5-4-6-13(12)15/h4-6,10,14,16H,3,7-9H2,1-2H3. The first-order valence-electron chi connectivity index (χ1n) is 6.34. The highest BCUT2D eigenvalue weighted by molar-refractivity contribution is 9.10. The Morgan fingerprint density at radius 2 is 2.29 bits per heavy atom. The van der Waals surface area contributed by atoms with Crippen LogP contribution in [-0.2, 0) is 5.75 Å². The second kappa shape index (κ2) is 6.26. The summed E-state index contributed by atoms with van der Waals surface area (Å²) in [6.45, 7) is 5.67. The van der Waals surface area contributed by atoms with Gasteiger partial charge in [-0.15, -0.1) is 0 Å². The first kappa shape index (κ1) is 13.4. The number of thioether (sulfide) groups is 1. The summed E-state index contributed by atoms with van der Waals surface area (Å²) in [5.74, 6) is 1.13. The van der Waals surface area contributed by atoms with Crippen molar-refractivity contribution in [3.63, 3.8) is 0 Å². The molecule has 1 nitrogen and oxygen atoms in total. The van der Waals surface area contributed by atoms with E-state index in [-0.39, 0.29) is 0 Å². The largest absolute Gasteiger partial charge is 0.310 e. The maximum atomic E-state index is 3.69. The van der Waals surface area contributed by atoms with Gasteiger partial charge >= 0.3 is 0 Å². The fourth-order valence-corrected chi connectivity index (χ4v) is 4.13. The molecule has 2 unspecified atom stereocenters. The zero-order valence-corrected chi connectivity index (χ0v) is 12.9. The highest BCUT2D eigenvalue weighted by Gasteiger charge is 2.23. The number of fused-ring (bicyclic) bond motifs is 1. The van der Waals surface area contributed by atoms with Gasteiger partial charge in [0.15, 0.2) is 0 Å². The van der Waals surface area contributed by atoms with E-state index in [0.29, 0.717) is 6.04 Å². The first-order valence-corrected chi connectivity index (χ1v) is 8.18. The molecule has 1 aromatic rings. The minimum Gasteiger partial charge on any atom is -0.310 e. The fourth-order valence-electron chi connectivity index (χ4n) is 2.32. The molecular weight excluding hydrogens is 294 g/mol. The molecule has 3 heteroatoms. The van der Waals surface area contributed by atoms with Crippen LogP contribution in [0.5, 0.6) is 0 Å². The SMILES string of the molecule is CCCNC1CC(C)SCc2c(Br)cccc21. The van der Waals surface area contributed by atoms with Crippen LogP contribution in [0.1, 0.15) is 43.9 Å². The summed E-state index contributed by atoms with van der Waals surface area (Å²) < 4.78 is 1.26. The van der Waals surface area contributed by atoms with Gasteiger partial charge in [0.25, 0.3) is 0 Å². The van der Waals surface area contributed by atoms with Crippen molar-refractivity contribution in [1.29, 1.82) is 0 Å². The van der Waals surface area contributed by atoms with Crippen LogP contribution >= 0.6 is 27.7 Å². The molecule has 0 radical (unpaired) electrons. The van der Waals surface area contributed by atoms with E-state index in [1.165, 1.54) is 28.4 Å². The molecule has 94 valence electrons. The van der Waals surface area contributed by atoms with Crippen LogP contribution in [0, 0.1) is 0 Å². The Hall–Kier alpha value is 0.0100. The molecule has 0 saturated heterocycles. The lowest BCUT2D eigenvalue weighted by Gasteiger charge is -2.20. The molecule has 17 heavy (non-hydrogen) atoms. The monoisotopic (exact) mass is 313 g/mol. The summed E-state index contributed by atoms with van der Waals surface area (Å²) in [7, 11) is 0. The smallest absolute Gasteiger partial charge is 0.0334 e. The Morgan fingerprint density at radius 1 is 1.47 bits per heavy atom. The number of halogens is 1. The summed E-state index contributed by atoms with van der Waals surface area (Å²) in [5.41, 5.74) is 2.97. The topological polar surface area (TPSA) is 12.0 Å². The number of rotatable bonds is 3. The predicted octanol–water partition coefficient (Wildman–Crippen LogP) is 4.52. The second-order valence-corrected chi connectivity index (χ2v) is 6.95. The summed E-state index contributed by atoms with van der Waals surface area (Å²) in [5, 5.41) is 4.42. The van der Waals surface area contributed by atoms with Crippen LogP contribution in [0.25, 0.3) is 0 Å². The van der Waals surface area contributed by atoms with Crippen molar-refractivity contribution in [2.45, 2.75) is 43.7 Å². The second-order valence-electron chi connectivity index (χ2n) is 4.67. The Kier molecular flexibility index (Phi) is 4.95. The molecule has 0 spiro atoms. The lowest BCUT2D eigenvalue weighted by atomic mass is 9.97. The van der Waals surface area contributed by atoms with Gasteiger partial charge in [-0.3, -0.25) is 0 Å². The van der Waals surface area contributed by atoms with Gasteiger partial charge < -0.3 is 5.32 Å². The predicted molar refractivity (Wildman–Crippen MR) is 80.6 cm³/mol. The fraction of sp³-hybridized carbons (Fsp3) is 0.571. The zero-order chi connectivity index (χ0) is 12.3. The van der Waals surface area contributed by atoms with E-state index >= 15 is 0 Å². The third-order valence-corrected chi connectivity index (χ3v) is 5.21. The number of nitrogens with one attached hydrogen (secondary N) is 1. The van der Waals surface area contributed by atoms with Crippen molar-refractivity contribution in [2.75, 3.05) is 6.54 Å². The lowest BCUT2D eigenvalue weighted by molar-refractivity contribution is 0.499. The lowest BCUT2D eigenvalue weighted by Crippen LogP contribution is -2.24. The normalized spacial score (nSPS) is 24.2. The van der Waals surface area contributed by atoms with Gasteiger partial charge in [0.2, 0.25) is 0 Å². The number of benzene rings is 1. The van der Waals surface area contributed by atoms with Crippen LogP contribution in [0.15, 0.2) is 22.7 Å². The molecule has 0 bridgehead atoms. The molecule has 0 saturated carbocycles. The Balaban J connectivity index is 2.29. The molecule has 0 amide bonds. The molecule has 1 aliphatic heterocycles. The average Bonchev–Trinajstić information content (AvgIpc) is 2.48.